The Hall–Kier alpha value is -1.96. The van der Waals surface area contributed by atoms with Crippen LogP contribution >= 0.6 is 0 Å². The van der Waals surface area contributed by atoms with Crippen molar-refractivity contribution < 1.29 is 0 Å². The molecule has 0 aliphatic carbocycles. The molecular formula is C18H24N2. The molecular weight excluding hydrogens is 244 g/mol. The number of hydrogen-bond donors (Lipinski definition) is 1. The van der Waals surface area contributed by atoms with E-state index in [9.17, 15) is 0 Å². The molecule has 2 aromatic carbocycles. The summed E-state index contributed by atoms with van der Waals surface area (Å²) in [4.78, 5) is 2.26. The average molecular weight is 268 g/mol. The molecule has 20 heavy (non-hydrogen) atoms. The van der Waals surface area contributed by atoms with Crippen molar-refractivity contribution in [3.63, 3.8) is 0 Å². The summed E-state index contributed by atoms with van der Waals surface area (Å²) >= 11 is 0. The lowest BCUT2D eigenvalue weighted by molar-refractivity contribution is 0.855. The number of hydrogen-bond acceptors (Lipinski definition) is 2. The fourth-order valence-corrected chi connectivity index (χ4v) is 2.22. The number of benzene rings is 2. The SMILES string of the molecule is CC(C)c1ccc(CCN(C)c2ccc(N)cc2)cc1. The quantitative estimate of drug-likeness (QED) is 0.828. The van der Waals surface area contributed by atoms with Crippen LogP contribution in [0.1, 0.15) is 30.9 Å². The lowest BCUT2D eigenvalue weighted by atomic mass is 10.0. The molecule has 2 aromatic rings. The maximum atomic E-state index is 5.71. The summed E-state index contributed by atoms with van der Waals surface area (Å²) in [7, 11) is 2.12. The summed E-state index contributed by atoms with van der Waals surface area (Å²) in [6.45, 7) is 5.46. The van der Waals surface area contributed by atoms with E-state index < -0.39 is 0 Å². The molecule has 0 unspecified atom stereocenters. The Bertz CT molecular complexity index is 526. The third-order valence-electron chi connectivity index (χ3n) is 3.72. The lowest BCUT2D eigenvalue weighted by Gasteiger charge is -2.19. The molecule has 0 saturated carbocycles. The van der Waals surface area contributed by atoms with Crippen LogP contribution in [-0.4, -0.2) is 13.6 Å². The second kappa shape index (κ2) is 6.47. The van der Waals surface area contributed by atoms with Gasteiger partial charge >= 0.3 is 0 Å². The normalized spacial score (nSPS) is 10.8. The van der Waals surface area contributed by atoms with Gasteiger partial charge in [-0.1, -0.05) is 38.1 Å². The fourth-order valence-electron chi connectivity index (χ4n) is 2.22. The largest absolute Gasteiger partial charge is 0.399 e. The van der Waals surface area contributed by atoms with Crippen molar-refractivity contribution in [1.82, 2.24) is 0 Å². The van der Waals surface area contributed by atoms with E-state index in [2.05, 4.69) is 62.2 Å². The molecule has 2 nitrogen and oxygen atoms in total. The molecule has 2 heteroatoms. The minimum Gasteiger partial charge on any atom is -0.399 e. The van der Waals surface area contributed by atoms with Gasteiger partial charge in [-0.05, 0) is 47.7 Å². The van der Waals surface area contributed by atoms with Gasteiger partial charge in [0.25, 0.3) is 0 Å². The third-order valence-corrected chi connectivity index (χ3v) is 3.72. The van der Waals surface area contributed by atoms with Gasteiger partial charge < -0.3 is 10.6 Å². The Kier molecular flexibility index (Phi) is 4.67. The zero-order valence-electron chi connectivity index (χ0n) is 12.6. The van der Waals surface area contributed by atoms with Gasteiger partial charge in [-0.15, -0.1) is 0 Å². The smallest absolute Gasteiger partial charge is 0.0365 e. The van der Waals surface area contributed by atoms with E-state index in [4.69, 9.17) is 5.73 Å². The average Bonchev–Trinajstić information content (AvgIpc) is 2.46. The summed E-state index contributed by atoms with van der Waals surface area (Å²) in [5, 5.41) is 0. The maximum absolute atomic E-state index is 5.71. The van der Waals surface area contributed by atoms with E-state index in [1.165, 1.54) is 16.8 Å². The second-order valence-corrected chi connectivity index (χ2v) is 5.66. The van der Waals surface area contributed by atoms with Crippen molar-refractivity contribution in [2.24, 2.45) is 0 Å². The Morgan fingerprint density at radius 1 is 0.950 bits per heavy atom. The van der Waals surface area contributed by atoms with Crippen molar-refractivity contribution in [3.8, 4) is 0 Å². The summed E-state index contributed by atoms with van der Waals surface area (Å²) in [5.41, 5.74) is 10.5. The minimum atomic E-state index is 0.599. The fraction of sp³-hybridized carbons (Fsp3) is 0.333. The number of nitrogens with zero attached hydrogens (tertiary/aromatic N) is 1. The Labute approximate surface area is 122 Å². The predicted molar refractivity (Wildman–Crippen MR) is 88.4 cm³/mol. The van der Waals surface area contributed by atoms with Gasteiger partial charge in [-0.25, -0.2) is 0 Å². The second-order valence-electron chi connectivity index (χ2n) is 5.66. The monoisotopic (exact) mass is 268 g/mol. The highest BCUT2D eigenvalue weighted by atomic mass is 15.1. The zero-order chi connectivity index (χ0) is 14.5. The first-order chi connectivity index (χ1) is 9.56. The molecule has 0 bridgehead atoms. The van der Waals surface area contributed by atoms with Gasteiger partial charge in [0.05, 0.1) is 0 Å². The molecule has 0 amide bonds. The molecule has 0 fully saturated rings. The summed E-state index contributed by atoms with van der Waals surface area (Å²) in [6, 6.07) is 17.0. The van der Waals surface area contributed by atoms with Gasteiger partial charge in [-0.3, -0.25) is 0 Å². The molecule has 0 spiro atoms. The van der Waals surface area contributed by atoms with Crippen LogP contribution in [0.5, 0.6) is 0 Å². The van der Waals surface area contributed by atoms with Crippen LogP contribution in [0.15, 0.2) is 48.5 Å². The van der Waals surface area contributed by atoms with Crippen LogP contribution in [0.25, 0.3) is 0 Å². The van der Waals surface area contributed by atoms with Crippen LogP contribution in [0.2, 0.25) is 0 Å². The highest BCUT2D eigenvalue weighted by molar-refractivity contribution is 5.52. The van der Waals surface area contributed by atoms with Crippen molar-refractivity contribution in [2.45, 2.75) is 26.2 Å². The Morgan fingerprint density at radius 3 is 2.10 bits per heavy atom. The molecule has 2 N–H and O–H groups in total. The summed E-state index contributed by atoms with van der Waals surface area (Å²) in [5.74, 6) is 0.599. The molecule has 2 rings (SSSR count). The summed E-state index contributed by atoms with van der Waals surface area (Å²) < 4.78 is 0. The van der Waals surface area contributed by atoms with Gasteiger partial charge in [0, 0.05) is 25.0 Å². The van der Waals surface area contributed by atoms with E-state index in [-0.39, 0.29) is 0 Å². The first-order valence-electron chi connectivity index (χ1n) is 7.22. The van der Waals surface area contributed by atoms with Crippen LogP contribution in [0.4, 0.5) is 11.4 Å². The highest BCUT2D eigenvalue weighted by Crippen LogP contribution is 2.17. The van der Waals surface area contributed by atoms with Crippen LogP contribution in [0.3, 0.4) is 0 Å². The van der Waals surface area contributed by atoms with Crippen LogP contribution in [0, 0.1) is 0 Å². The maximum Gasteiger partial charge on any atom is 0.0365 e. The first kappa shape index (κ1) is 14.4. The highest BCUT2D eigenvalue weighted by Gasteiger charge is 2.02. The predicted octanol–water partition coefficient (Wildman–Crippen LogP) is 4.07. The number of rotatable bonds is 5. The molecule has 0 atom stereocenters. The molecule has 0 aromatic heterocycles. The standard InChI is InChI=1S/C18H24N2/c1-14(2)16-6-4-15(5-7-16)12-13-20(3)18-10-8-17(19)9-11-18/h4-11,14H,12-13,19H2,1-3H3. The number of nitrogen functional groups attached to an aromatic ring is 1. The van der Waals surface area contributed by atoms with Crippen molar-refractivity contribution in [3.05, 3.63) is 59.7 Å². The molecule has 0 heterocycles. The number of likely N-dealkylation sites (N-methyl/N-ethyl adjacent to an activating group) is 1. The molecule has 0 aliphatic heterocycles. The molecule has 106 valence electrons. The van der Waals surface area contributed by atoms with E-state index in [0.29, 0.717) is 5.92 Å². The van der Waals surface area contributed by atoms with Crippen LogP contribution < -0.4 is 10.6 Å². The van der Waals surface area contributed by atoms with Gasteiger partial charge in [0.15, 0.2) is 0 Å². The number of anilines is 2. The first-order valence-corrected chi connectivity index (χ1v) is 7.22. The van der Waals surface area contributed by atoms with E-state index in [1.54, 1.807) is 0 Å². The molecule has 0 saturated heterocycles. The molecule has 0 aliphatic rings. The van der Waals surface area contributed by atoms with Gasteiger partial charge in [-0.2, -0.15) is 0 Å². The topological polar surface area (TPSA) is 29.3 Å². The van der Waals surface area contributed by atoms with Crippen molar-refractivity contribution in [1.29, 1.82) is 0 Å². The lowest BCUT2D eigenvalue weighted by Crippen LogP contribution is -2.20. The zero-order valence-corrected chi connectivity index (χ0v) is 12.6. The van der Waals surface area contributed by atoms with E-state index in [0.717, 1.165) is 18.7 Å². The number of nitrogens with two attached hydrogens (primary N) is 1. The van der Waals surface area contributed by atoms with E-state index >= 15 is 0 Å². The Balaban J connectivity index is 1.92. The van der Waals surface area contributed by atoms with Crippen molar-refractivity contribution >= 4 is 11.4 Å². The van der Waals surface area contributed by atoms with Gasteiger partial charge in [0.2, 0.25) is 0 Å². The Morgan fingerprint density at radius 2 is 1.55 bits per heavy atom. The van der Waals surface area contributed by atoms with Gasteiger partial charge in [0.1, 0.15) is 0 Å². The van der Waals surface area contributed by atoms with Crippen molar-refractivity contribution in [2.75, 3.05) is 24.2 Å². The van der Waals surface area contributed by atoms with Crippen LogP contribution in [-0.2, 0) is 6.42 Å². The minimum absolute atomic E-state index is 0.599. The molecule has 0 radical (unpaired) electrons. The third kappa shape index (κ3) is 3.77. The van der Waals surface area contributed by atoms with E-state index in [1.807, 2.05) is 12.1 Å². The summed E-state index contributed by atoms with van der Waals surface area (Å²) in [6.07, 6.45) is 1.05.